The zero-order chi connectivity index (χ0) is 22.0. The van der Waals surface area contributed by atoms with E-state index >= 15 is 0 Å². The van der Waals surface area contributed by atoms with Gasteiger partial charge in [0.15, 0.2) is 17.1 Å². The summed E-state index contributed by atoms with van der Waals surface area (Å²) in [6, 6.07) is 2.64. The number of hydrogen-bond donors (Lipinski definition) is 1. The quantitative estimate of drug-likeness (QED) is 0.341. The third kappa shape index (κ3) is 4.30. The highest BCUT2D eigenvalue weighted by molar-refractivity contribution is 7.10. The lowest BCUT2D eigenvalue weighted by Crippen LogP contribution is -2.38. The largest absolute Gasteiger partial charge is 0.461 e. The summed E-state index contributed by atoms with van der Waals surface area (Å²) in [5.74, 6) is -0.642. The van der Waals surface area contributed by atoms with Gasteiger partial charge in [-0.1, -0.05) is 10.3 Å². The summed E-state index contributed by atoms with van der Waals surface area (Å²) in [6.07, 6.45) is 1.41. The van der Waals surface area contributed by atoms with E-state index in [2.05, 4.69) is 20.3 Å². The fourth-order valence-electron chi connectivity index (χ4n) is 3.29. The fourth-order valence-corrected chi connectivity index (χ4v) is 4.27. The Morgan fingerprint density at radius 2 is 2.13 bits per heavy atom. The van der Waals surface area contributed by atoms with Crippen LogP contribution in [0, 0.1) is 10.1 Å². The molecule has 31 heavy (non-hydrogen) atoms. The molecule has 0 unspecified atom stereocenters. The van der Waals surface area contributed by atoms with Crippen LogP contribution in [0.2, 0.25) is 0 Å². The minimum absolute atomic E-state index is 0.0319. The number of hydrogen-bond acceptors (Lipinski definition) is 10. The van der Waals surface area contributed by atoms with E-state index in [4.69, 9.17) is 9.26 Å². The molecule has 1 saturated heterocycles. The molecule has 3 aromatic heterocycles. The molecule has 162 valence electrons. The summed E-state index contributed by atoms with van der Waals surface area (Å²) in [5.41, 5.74) is 0.714. The number of rotatable bonds is 6. The maximum Gasteiger partial charge on any atom is 0.360 e. The molecule has 0 aliphatic carbocycles. The van der Waals surface area contributed by atoms with Crippen molar-refractivity contribution in [3.63, 3.8) is 0 Å². The molecule has 1 aliphatic heterocycles. The number of nitro groups is 1. The predicted octanol–water partition coefficient (Wildman–Crippen LogP) is 2.63. The number of aromatic amines is 1. The number of nitrogens with one attached hydrogen (secondary N) is 1. The van der Waals surface area contributed by atoms with Crippen molar-refractivity contribution < 1.29 is 23.8 Å². The summed E-state index contributed by atoms with van der Waals surface area (Å²) in [7, 11) is 0. The average molecular weight is 446 g/mol. The van der Waals surface area contributed by atoms with Gasteiger partial charge in [0.25, 0.3) is 5.91 Å². The number of carbonyl (C=O) groups excluding carboxylic acids is 2. The van der Waals surface area contributed by atoms with Crippen LogP contribution in [0.5, 0.6) is 0 Å². The minimum Gasteiger partial charge on any atom is -0.461 e. The second-order valence-electron chi connectivity index (χ2n) is 6.83. The van der Waals surface area contributed by atoms with E-state index in [-0.39, 0.29) is 35.6 Å². The van der Waals surface area contributed by atoms with Crippen molar-refractivity contribution in [2.24, 2.45) is 0 Å². The third-order valence-corrected chi connectivity index (χ3v) is 5.89. The number of aromatic nitrogens is 4. The fraction of sp³-hybridized carbons (Fsp3) is 0.389. The van der Waals surface area contributed by atoms with Gasteiger partial charge in [0.05, 0.1) is 17.7 Å². The van der Waals surface area contributed by atoms with Gasteiger partial charge in [0, 0.05) is 30.5 Å². The lowest BCUT2D eigenvalue weighted by molar-refractivity contribution is -0.389. The van der Waals surface area contributed by atoms with Crippen LogP contribution in [0.4, 0.5) is 5.82 Å². The first-order valence-electron chi connectivity index (χ1n) is 9.55. The van der Waals surface area contributed by atoms with E-state index in [1.807, 2.05) is 5.38 Å². The number of thiazole rings is 1. The highest BCUT2D eigenvalue weighted by atomic mass is 32.1. The molecule has 13 heteroatoms. The van der Waals surface area contributed by atoms with E-state index in [0.29, 0.717) is 37.4 Å². The number of piperidine rings is 1. The molecule has 0 saturated carbocycles. The van der Waals surface area contributed by atoms with E-state index < -0.39 is 10.9 Å². The number of ether oxygens (including phenoxy) is 1. The van der Waals surface area contributed by atoms with Crippen molar-refractivity contribution >= 4 is 29.0 Å². The van der Waals surface area contributed by atoms with Crippen LogP contribution in [0.25, 0.3) is 11.5 Å². The molecule has 1 amide bonds. The van der Waals surface area contributed by atoms with E-state index in [9.17, 15) is 19.7 Å². The Morgan fingerprint density at radius 3 is 2.81 bits per heavy atom. The number of nitrogens with zero attached hydrogens (tertiary/aromatic N) is 5. The zero-order valence-electron chi connectivity index (χ0n) is 16.4. The normalized spacial score (nSPS) is 14.5. The van der Waals surface area contributed by atoms with E-state index in [0.717, 1.165) is 11.1 Å². The smallest absolute Gasteiger partial charge is 0.360 e. The Balaban J connectivity index is 1.37. The molecule has 0 spiro atoms. The van der Waals surface area contributed by atoms with Crippen LogP contribution in [0.15, 0.2) is 22.0 Å². The molecule has 4 rings (SSSR count). The SMILES string of the molecule is CCOC(=O)c1cc(-c2csc(C3CCN(C(=O)c4cc([N+](=O)[O-])[nH]n4)CC3)n2)on1. The van der Waals surface area contributed by atoms with Gasteiger partial charge in [-0.05, 0) is 24.7 Å². The van der Waals surface area contributed by atoms with Crippen molar-refractivity contribution in [3.05, 3.63) is 44.0 Å². The van der Waals surface area contributed by atoms with Gasteiger partial charge < -0.3 is 24.3 Å². The van der Waals surface area contributed by atoms with Crippen molar-refractivity contribution in [3.8, 4) is 11.5 Å². The van der Waals surface area contributed by atoms with Crippen molar-refractivity contribution in [2.45, 2.75) is 25.7 Å². The maximum absolute atomic E-state index is 12.5. The molecule has 1 fully saturated rings. The second-order valence-corrected chi connectivity index (χ2v) is 7.72. The lowest BCUT2D eigenvalue weighted by Gasteiger charge is -2.30. The summed E-state index contributed by atoms with van der Waals surface area (Å²) in [6.45, 7) is 2.95. The Labute approximate surface area is 179 Å². The molecule has 12 nitrogen and oxygen atoms in total. The summed E-state index contributed by atoms with van der Waals surface area (Å²) in [5, 5.41) is 23.2. The highest BCUT2D eigenvalue weighted by Crippen LogP contribution is 2.33. The predicted molar refractivity (Wildman–Crippen MR) is 107 cm³/mol. The highest BCUT2D eigenvalue weighted by Gasteiger charge is 2.29. The maximum atomic E-state index is 12.5. The average Bonchev–Trinajstić information content (AvgIpc) is 3.53. The number of esters is 1. The molecule has 1 N–H and O–H groups in total. The third-order valence-electron chi connectivity index (χ3n) is 4.88. The molecule has 1 aliphatic rings. The Bertz CT molecular complexity index is 1110. The van der Waals surface area contributed by atoms with Gasteiger partial charge >= 0.3 is 11.8 Å². The Kier molecular flexibility index (Phi) is 5.75. The molecular weight excluding hydrogens is 428 g/mol. The molecule has 3 aromatic rings. The number of carbonyl (C=O) groups is 2. The Morgan fingerprint density at radius 1 is 1.35 bits per heavy atom. The van der Waals surface area contributed by atoms with Crippen molar-refractivity contribution in [1.82, 2.24) is 25.2 Å². The summed E-state index contributed by atoms with van der Waals surface area (Å²) >= 11 is 1.48. The van der Waals surface area contributed by atoms with Crippen molar-refractivity contribution in [1.29, 1.82) is 0 Å². The van der Waals surface area contributed by atoms with Crippen LogP contribution in [0.1, 0.15) is 51.7 Å². The van der Waals surface area contributed by atoms with Gasteiger partial charge in [-0.3, -0.25) is 4.79 Å². The molecule has 0 bridgehead atoms. The number of likely N-dealkylation sites (tertiary alicyclic amines) is 1. The van der Waals surface area contributed by atoms with E-state index in [1.165, 1.54) is 17.4 Å². The minimum atomic E-state index is -0.625. The first-order chi connectivity index (χ1) is 15.0. The summed E-state index contributed by atoms with van der Waals surface area (Å²) in [4.78, 5) is 40.6. The molecule has 4 heterocycles. The van der Waals surface area contributed by atoms with Crippen LogP contribution >= 0.6 is 11.3 Å². The van der Waals surface area contributed by atoms with Crippen molar-refractivity contribution in [2.75, 3.05) is 19.7 Å². The molecule has 0 radical (unpaired) electrons. The summed E-state index contributed by atoms with van der Waals surface area (Å²) < 4.78 is 10.1. The van der Waals surface area contributed by atoms with Gasteiger partial charge in [0.2, 0.25) is 0 Å². The first-order valence-corrected chi connectivity index (χ1v) is 10.4. The lowest BCUT2D eigenvalue weighted by atomic mass is 9.97. The number of H-pyrrole nitrogens is 1. The van der Waals surface area contributed by atoms with Gasteiger partial charge in [-0.25, -0.2) is 9.78 Å². The van der Waals surface area contributed by atoms with Crippen LogP contribution in [0.3, 0.4) is 0 Å². The topological polar surface area (TPSA) is 157 Å². The zero-order valence-corrected chi connectivity index (χ0v) is 17.3. The molecular formula is C18H18N6O6S. The Hall–Kier alpha value is -3.61. The second kappa shape index (κ2) is 8.63. The van der Waals surface area contributed by atoms with E-state index in [1.54, 1.807) is 11.8 Å². The standard InChI is InChI=1S/C18H18N6O6S/c1-2-29-18(26)12-7-14(30-22-12)13-9-31-16(19-13)10-3-5-23(6-4-10)17(25)11-8-15(21-20-11)24(27)28/h7-10H,2-6H2,1H3,(H,20,21). The number of amides is 1. The van der Waals surface area contributed by atoms with Crippen LogP contribution < -0.4 is 0 Å². The van der Waals surface area contributed by atoms with Gasteiger partial charge in [-0.2, -0.15) is 0 Å². The van der Waals surface area contributed by atoms with Crippen LogP contribution in [-0.2, 0) is 4.74 Å². The van der Waals surface area contributed by atoms with Crippen LogP contribution in [-0.4, -0.2) is 61.7 Å². The first kappa shape index (κ1) is 20.7. The van der Waals surface area contributed by atoms with Gasteiger partial charge in [0.1, 0.15) is 5.69 Å². The molecule has 0 atom stereocenters. The monoisotopic (exact) mass is 446 g/mol. The van der Waals surface area contributed by atoms with Gasteiger partial charge in [-0.15, -0.1) is 16.4 Å². The molecule has 0 aromatic carbocycles.